The Bertz CT molecular complexity index is 740. The smallest absolute Gasteiger partial charge is 0.274 e. The van der Waals surface area contributed by atoms with Crippen molar-refractivity contribution >= 4 is 5.91 Å². The van der Waals surface area contributed by atoms with E-state index in [9.17, 15) is 4.79 Å². The number of nitrogens with zero attached hydrogens (tertiary/aromatic N) is 5. The minimum absolute atomic E-state index is 0.242. The van der Waals surface area contributed by atoms with Crippen molar-refractivity contribution in [3.05, 3.63) is 28.8 Å². The maximum atomic E-state index is 12.4. The van der Waals surface area contributed by atoms with Crippen LogP contribution in [0, 0.1) is 6.92 Å². The van der Waals surface area contributed by atoms with Crippen molar-refractivity contribution in [1.29, 1.82) is 0 Å². The van der Waals surface area contributed by atoms with Gasteiger partial charge in [0.25, 0.3) is 5.91 Å². The SMILES string of the molecule is CC.CC.CON(C)C(=O)c1nn(C)c2c1CCCc1cnc(C)nc1-2. The van der Waals surface area contributed by atoms with E-state index in [4.69, 9.17) is 4.84 Å². The van der Waals surface area contributed by atoms with Gasteiger partial charge in [0.05, 0.1) is 18.5 Å². The zero-order valence-corrected chi connectivity index (χ0v) is 17.3. The van der Waals surface area contributed by atoms with Crippen LogP contribution >= 0.6 is 0 Å². The Labute approximate surface area is 156 Å². The molecule has 0 unspecified atom stereocenters. The highest BCUT2D eigenvalue weighted by atomic mass is 16.7. The molecule has 0 saturated carbocycles. The molecule has 2 heterocycles. The van der Waals surface area contributed by atoms with Crippen molar-refractivity contribution in [3.8, 4) is 11.4 Å². The molecule has 0 spiro atoms. The lowest BCUT2D eigenvalue weighted by atomic mass is 10.1. The van der Waals surface area contributed by atoms with Gasteiger partial charge >= 0.3 is 0 Å². The highest BCUT2D eigenvalue weighted by Crippen LogP contribution is 2.32. The van der Waals surface area contributed by atoms with Crippen molar-refractivity contribution in [2.45, 2.75) is 53.9 Å². The van der Waals surface area contributed by atoms with E-state index in [0.29, 0.717) is 5.69 Å². The number of amides is 1. The van der Waals surface area contributed by atoms with Crippen molar-refractivity contribution in [3.63, 3.8) is 0 Å². The molecular formula is C19H31N5O2. The van der Waals surface area contributed by atoms with Gasteiger partial charge in [0.15, 0.2) is 5.69 Å². The van der Waals surface area contributed by atoms with E-state index in [-0.39, 0.29) is 5.91 Å². The molecule has 3 rings (SSSR count). The molecular weight excluding hydrogens is 330 g/mol. The van der Waals surface area contributed by atoms with Crippen LogP contribution in [0.15, 0.2) is 6.20 Å². The zero-order valence-electron chi connectivity index (χ0n) is 17.3. The summed E-state index contributed by atoms with van der Waals surface area (Å²) in [5, 5.41) is 5.61. The molecule has 1 aliphatic rings. The predicted molar refractivity (Wildman–Crippen MR) is 103 cm³/mol. The van der Waals surface area contributed by atoms with E-state index in [0.717, 1.165) is 47.6 Å². The fourth-order valence-corrected chi connectivity index (χ4v) is 2.84. The fraction of sp³-hybridized carbons (Fsp3) is 0.579. The quantitative estimate of drug-likeness (QED) is 0.767. The van der Waals surface area contributed by atoms with Crippen molar-refractivity contribution < 1.29 is 9.63 Å². The summed E-state index contributed by atoms with van der Waals surface area (Å²) in [6.07, 6.45) is 4.51. The molecule has 1 aliphatic carbocycles. The van der Waals surface area contributed by atoms with Crippen molar-refractivity contribution in [1.82, 2.24) is 24.8 Å². The number of hydroxylamine groups is 2. The van der Waals surface area contributed by atoms with E-state index in [1.54, 1.807) is 11.7 Å². The molecule has 26 heavy (non-hydrogen) atoms. The Morgan fingerprint density at radius 1 is 1.23 bits per heavy atom. The lowest BCUT2D eigenvalue weighted by Crippen LogP contribution is -2.26. The van der Waals surface area contributed by atoms with Crippen molar-refractivity contribution in [2.24, 2.45) is 7.05 Å². The topological polar surface area (TPSA) is 73.1 Å². The highest BCUT2D eigenvalue weighted by molar-refractivity contribution is 5.94. The number of rotatable bonds is 2. The molecule has 7 nitrogen and oxygen atoms in total. The number of carbonyl (C=O) groups excluding carboxylic acids is 1. The molecule has 0 aromatic carbocycles. The number of aryl methyl sites for hydroxylation is 3. The first-order chi connectivity index (χ1) is 12.5. The molecule has 1 amide bonds. The number of aromatic nitrogens is 4. The lowest BCUT2D eigenvalue weighted by molar-refractivity contribution is -0.0761. The second-order valence-corrected chi connectivity index (χ2v) is 5.43. The minimum atomic E-state index is -0.242. The molecule has 0 atom stereocenters. The zero-order chi connectivity index (χ0) is 19.9. The minimum Gasteiger partial charge on any atom is -0.274 e. The molecule has 144 valence electrons. The fourth-order valence-electron chi connectivity index (χ4n) is 2.84. The molecule has 2 aromatic heterocycles. The molecule has 0 radical (unpaired) electrons. The number of fused-ring (bicyclic) bond motifs is 3. The third-order valence-corrected chi connectivity index (χ3v) is 3.99. The van der Waals surface area contributed by atoms with Crippen molar-refractivity contribution in [2.75, 3.05) is 14.2 Å². The van der Waals surface area contributed by atoms with E-state index in [1.807, 2.05) is 47.9 Å². The van der Waals surface area contributed by atoms with Gasteiger partial charge in [-0.3, -0.25) is 14.3 Å². The largest absolute Gasteiger partial charge is 0.297 e. The second kappa shape index (κ2) is 10.0. The second-order valence-electron chi connectivity index (χ2n) is 5.43. The molecule has 0 bridgehead atoms. The van der Waals surface area contributed by atoms with Crippen LogP contribution in [0.25, 0.3) is 11.4 Å². The summed E-state index contributed by atoms with van der Waals surface area (Å²) in [6, 6.07) is 0. The first kappa shape index (κ1) is 21.8. The van der Waals surface area contributed by atoms with Crippen LogP contribution in [0.2, 0.25) is 0 Å². The third kappa shape index (κ3) is 4.27. The van der Waals surface area contributed by atoms with Gasteiger partial charge < -0.3 is 0 Å². The van der Waals surface area contributed by atoms with Gasteiger partial charge in [-0.15, -0.1) is 0 Å². The molecule has 0 saturated heterocycles. The maximum absolute atomic E-state index is 12.4. The summed E-state index contributed by atoms with van der Waals surface area (Å²) in [5.74, 6) is 0.475. The summed E-state index contributed by atoms with van der Waals surface area (Å²) in [7, 11) is 4.89. The Balaban J connectivity index is 0.000000791. The predicted octanol–water partition coefficient (Wildman–Crippen LogP) is 3.36. The van der Waals surface area contributed by atoms with Gasteiger partial charge in [-0.2, -0.15) is 5.10 Å². The summed E-state index contributed by atoms with van der Waals surface area (Å²) >= 11 is 0. The Morgan fingerprint density at radius 3 is 2.50 bits per heavy atom. The van der Waals surface area contributed by atoms with Gasteiger partial charge in [0.2, 0.25) is 0 Å². The first-order valence-electron chi connectivity index (χ1n) is 9.23. The molecule has 2 aromatic rings. The van der Waals surface area contributed by atoms with Crippen LogP contribution in [0.3, 0.4) is 0 Å². The lowest BCUT2D eigenvalue weighted by Gasteiger charge is -2.12. The monoisotopic (exact) mass is 361 g/mol. The summed E-state index contributed by atoms with van der Waals surface area (Å²) in [6.45, 7) is 9.87. The van der Waals surface area contributed by atoms with Gasteiger partial charge in [-0.05, 0) is 31.7 Å². The average molecular weight is 361 g/mol. The van der Waals surface area contributed by atoms with Crippen LogP contribution in [-0.2, 0) is 24.7 Å². The van der Waals surface area contributed by atoms with Crippen LogP contribution in [-0.4, -0.2) is 44.9 Å². The Morgan fingerprint density at radius 2 is 1.88 bits per heavy atom. The van der Waals surface area contributed by atoms with Crippen LogP contribution in [0.1, 0.15) is 61.6 Å². The van der Waals surface area contributed by atoms with E-state index >= 15 is 0 Å². The first-order valence-corrected chi connectivity index (χ1v) is 9.23. The maximum Gasteiger partial charge on any atom is 0.297 e. The summed E-state index contributed by atoms with van der Waals surface area (Å²) < 4.78 is 1.74. The highest BCUT2D eigenvalue weighted by Gasteiger charge is 2.28. The number of carbonyl (C=O) groups is 1. The van der Waals surface area contributed by atoms with E-state index < -0.39 is 0 Å². The standard InChI is InChI=1S/C15H19N5O2.2C2H6/c1-9-16-8-10-6-5-7-11-13(15(21)20(3)22-4)18-19(2)14(11)12(10)17-9;2*1-2/h8H,5-7H2,1-4H3;2*1-2H3. The van der Waals surface area contributed by atoms with Crippen LogP contribution < -0.4 is 0 Å². The van der Waals surface area contributed by atoms with E-state index in [2.05, 4.69) is 15.1 Å². The molecule has 7 heteroatoms. The third-order valence-electron chi connectivity index (χ3n) is 3.99. The van der Waals surface area contributed by atoms with Gasteiger partial charge in [0.1, 0.15) is 5.82 Å². The Kier molecular flexibility index (Phi) is 8.38. The van der Waals surface area contributed by atoms with Crippen LogP contribution in [0.5, 0.6) is 0 Å². The molecule has 0 fully saturated rings. The normalized spacial score (nSPS) is 11.7. The number of hydrogen-bond donors (Lipinski definition) is 0. The Hall–Kier alpha value is -2.28. The molecule has 0 N–H and O–H groups in total. The van der Waals surface area contributed by atoms with Gasteiger partial charge in [-0.25, -0.2) is 15.0 Å². The average Bonchev–Trinajstić information content (AvgIpc) is 2.88. The van der Waals surface area contributed by atoms with Gasteiger partial charge in [0, 0.05) is 25.9 Å². The molecule has 0 aliphatic heterocycles. The number of hydrogen-bond acceptors (Lipinski definition) is 5. The summed E-state index contributed by atoms with van der Waals surface area (Å²) in [5.41, 5.74) is 4.27. The summed E-state index contributed by atoms with van der Waals surface area (Å²) in [4.78, 5) is 26.3. The van der Waals surface area contributed by atoms with Gasteiger partial charge in [-0.1, -0.05) is 27.7 Å². The van der Waals surface area contributed by atoms with Crippen LogP contribution in [0.4, 0.5) is 0 Å². The van der Waals surface area contributed by atoms with E-state index in [1.165, 1.54) is 12.2 Å².